The normalized spacial score (nSPS) is 20.7. The van der Waals surface area contributed by atoms with Gasteiger partial charge in [0.2, 0.25) is 0 Å². The van der Waals surface area contributed by atoms with Crippen LogP contribution in [0.25, 0.3) is 0 Å². The molecule has 1 aromatic carbocycles. The predicted octanol–water partition coefficient (Wildman–Crippen LogP) is 1.86. The van der Waals surface area contributed by atoms with Crippen LogP contribution in [-0.4, -0.2) is 47.4 Å². The predicted molar refractivity (Wildman–Crippen MR) is 91.7 cm³/mol. The van der Waals surface area contributed by atoms with Crippen molar-refractivity contribution in [3.8, 4) is 0 Å². The minimum atomic E-state index is -0.959. The molecule has 1 aliphatic heterocycles. The number of nitrogens with zero attached hydrogens (tertiary/aromatic N) is 1. The number of amides is 2. The van der Waals surface area contributed by atoms with E-state index in [1.807, 2.05) is 17.9 Å². The van der Waals surface area contributed by atoms with Gasteiger partial charge in [-0.2, -0.15) is 0 Å². The lowest BCUT2D eigenvalue weighted by Crippen LogP contribution is -2.51. The molecule has 7 heteroatoms. The molecule has 0 aromatic heterocycles. The molecule has 2 amide bonds. The summed E-state index contributed by atoms with van der Waals surface area (Å²) in [5, 5.41) is 5.58. The van der Waals surface area contributed by atoms with Crippen LogP contribution in [0.3, 0.4) is 0 Å². The zero-order valence-electron chi connectivity index (χ0n) is 13.5. The second kappa shape index (κ2) is 8.29. The second-order valence-corrected chi connectivity index (χ2v) is 7.70. The number of hydrogen-bond donors (Lipinski definition) is 2. The van der Waals surface area contributed by atoms with Crippen molar-refractivity contribution in [2.45, 2.75) is 31.1 Å². The molecule has 3 atom stereocenters. The SMILES string of the molecule is CC(CNC(=O)NC1CCCN(c2ccccc2F)C1)S(C)=O. The topological polar surface area (TPSA) is 61.4 Å². The Morgan fingerprint density at radius 2 is 2.22 bits per heavy atom. The lowest BCUT2D eigenvalue weighted by molar-refractivity contribution is 0.235. The van der Waals surface area contributed by atoms with Crippen molar-refractivity contribution < 1.29 is 13.4 Å². The quantitative estimate of drug-likeness (QED) is 0.859. The molecule has 1 aliphatic rings. The summed E-state index contributed by atoms with van der Waals surface area (Å²) < 4.78 is 25.2. The van der Waals surface area contributed by atoms with E-state index in [4.69, 9.17) is 0 Å². The Balaban J connectivity index is 1.85. The fraction of sp³-hybridized carbons (Fsp3) is 0.562. The molecule has 23 heavy (non-hydrogen) atoms. The van der Waals surface area contributed by atoms with Gasteiger partial charge in [-0.1, -0.05) is 12.1 Å². The van der Waals surface area contributed by atoms with Crippen molar-refractivity contribution in [3.63, 3.8) is 0 Å². The smallest absolute Gasteiger partial charge is 0.315 e. The fourth-order valence-corrected chi connectivity index (χ4v) is 2.93. The summed E-state index contributed by atoms with van der Waals surface area (Å²) in [6, 6.07) is 6.41. The molecule has 2 N–H and O–H groups in total. The van der Waals surface area contributed by atoms with E-state index in [2.05, 4.69) is 10.6 Å². The molecular formula is C16H24FN3O2S. The number of piperidine rings is 1. The van der Waals surface area contributed by atoms with Crippen molar-refractivity contribution in [2.24, 2.45) is 0 Å². The molecule has 3 unspecified atom stereocenters. The number of hydrogen-bond acceptors (Lipinski definition) is 3. The average molecular weight is 341 g/mol. The van der Waals surface area contributed by atoms with Crippen molar-refractivity contribution in [2.75, 3.05) is 30.8 Å². The van der Waals surface area contributed by atoms with E-state index in [1.54, 1.807) is 18.4 Å². The number of rotatable bonds is 5. The first-order chi connectivity index (χ1) is 11.0. The van der Waals surface area contributed by atoms with Gasteiger partial charge in [-0.15, -0.1) is 0 Å². The molecule has 0 radical (unpaired) electrons. The van der Waals surface area contributed by atoms with Crippen molar-refractivity contribution in [3.05, 3.63) is 30.1 Å². The van der Waals surface area contributed by atoms with Gasteiger partial charge in [-0.3, -0.25) is 4.21 Å². The van der Waals surface area contributed by atoms with E-state index in [-0.39, 0.29) is 23.1 Å². The van der Waals surface area contributed by atoms with Crippen LogP contribution in [0.4, 0.5) is 14.9 Å². The van der Waals surface area contributed by atoms with Gasteiger partial charge >= 0.3 is 6.03 Å². The third-order valence-electron chi connectivity index (χ3n) is 4.07. The third kappa shape index (κ3) is 5.20. The highest BCUT2D eigenvalue weighted by molar-refractivity contribution is 7.84. The van der Waals surface area contributed by atoms with Gasteiger partial charge in [0, 0.05) is 48.0 Å². The summed E-state index contributed by atoms with van der Waals surface area (Å²) in [5.74, 6) is -0.239. The van der Waals surface area contributed by atoms with Crippen LogP contribution < -0.4 is 15.5 Å². The summed E-state index contributed by atoms with van der Waals surface area (Å²) >= 11 is 0. The molecule has 1 aromatic rings. The molecule has 5 nitrogen and oxygen atoms in total. The largest absolute Gasteiger partial charge is 0.367 e. The van der Waals surface area contributed by atoms with Crippen LogP contribution in [0.15, 0.2) is 24.3 Å². The standard InChI is InChI=1S/C16H24FN3O2S/c1-12(23(2)22)10-18-16(21)19-13-6-5-9-20(11-13)15-8-4-3-7-14(15)17/h3-4,7-8,12-13H,5-6,9-11H2,1-2H3,(H2,18,19,21). The van der Waals surface area contributed by atoms with E-state index in [0.717, 1.165) is 19.4 Å². The lowest BCUT2D eigenvalue weighted by Gasteiger charge is -2.35. The number of nitrogens with one attached hydrogen (secondary N) is 2. The molecule has 2 rings (SSSR count). The van der Waals surface area contributed by atoms with Gasteiger partial charge < -0.3 is 15.5 Å². The molecule has 128 valence electrons. The maximum absolute atomic E-state index is 13.9. The molecule has 0 spiro atoms. The number of urea groups is 1. The summed E-state index contributed by atoms with van der Waals surface area (Å²) in [5.41, 5.74) is 0.578. The van der Waals surface area contributed by atoms with Crippen LogP contribution >= 0.6 is 0 Å². The maximum atomic E-state index is 13.9. The Bertz CT molecular complexity index is 570. The van der Waals surface area contributed by atoms with Crippen LogP contribution in [0.5, 0.6) is 0 Å². The van der Waals surface area contributed by atoms with E-state index < -0.39 is 10.8 Å². The van der Waals surface area contributed by atoms with Crippen molar-refractivity contribution >= 4 is 22.5 Å². The fourth-order valence-electron chi connectivity index (χ4n) is 2.61. The number of carbonyl (C=O) groups excluding carboxylic acids is 1. The van der Waals surface area contributed by atoms with Gasteiger partial charge in [0.25, 0.3) is 0 Å². The van der Waals surface area contributed by atoms with Gasteiger partial charge in [0.05, 0.1) is 5.69 Å². The van der Waals surface area contributed by atoms with E-state index in [1.165, 1.54) is 6.07 Å². The van der Waals surface area contributed by atoms with Gasteiger partial charge in [-0.25, -0.2) is 9.18 Å². The van der Waals surface area contributed by atoms with Crippen LogP contribution in [0.1, 0.15) is 19.8 Å². The summed E-state index contributed by atoms with van der Waals surface area (Å²) in [6.07, 6.45) is 3.39. The highest BCUT2D eigenvalue weighted by atomic mass is 32.2. The molecule has 1 heterocycles. The summed E-state index contributed by atoms with van der Waals surface area (Å²) in [7, 11) is -0.959. The Hall–Kier alpha value is -1.63. The van der Waals surface area contributed by atoms with Crippen LogP contribution in [-0.2, 0) is 10.8 Å². The molecule has 1 saturated heterocycles. The molecule has 0 saturated carbocycles. The minimum Gasteiger partial charge on any atom is -0.367 e. The highest BCUT2D eigenvalue weighted by Crippen LogP contribution is 2.22. The Kier molecular flexibility index (Phi) is 6.38. The maximum Gasteiger partial charge on any atom is 0.315 e. The molecule has 0 aliphatic carbocycles. The molecular weight excluding hydrogens is 317 g/mol. The van der Waals surface area contributed by atoms with Crippen LogP contribution in [0.2, 0.25) is 0 Å². The Morgan fingerprint density at radius 1 is 1.48 bits per heavy atom. The number of carbonyl (C=O) groups is 1. The highest BCUT2D eigenvalue weighted by Gasteiger charge is 2.23. The van der Waals surface area contributed by atoms with Crippen molar-refractivity contribution in [1.82, 2.24) is 10.6 Å². The van der Waals surface area contributed by atoms with Gasteiger partial charge in [-0.05, 0) is 31.9 Å². The Morgan fingerprint density at radius 3 is 2.91 bits per heavy atom. The number of anilines is 1. The first kappa shape index (κ1) is 17.7. The average Bonchev–Trinajstić information content (AvgIpc) is 2.53. The van der Waals surface area contributed by atoms with Crippen LogP contribution in [0, 0.1) is 5.82 Å². The zero-order valence-corrected chi connectivity index (χ0v) is 14.4. The Labute approximate surface area is 139 Å². The van der Waals surface area contributed by atoms with Crippen molar-refractivity contribution in [1.29, 1.82) is 0 Å². The minimum absolute atomic E-state index is 0.0224. The van der Waals surface area contributed by atoms with E-state index in [9.17, 15) is 13.4 Å². The number of halogens is 1. The number of benzene rings is 1. The monoisotopic (exact) mass is 341 g/mol. The second-order valence-electron chi connectivity index (χ2n) is 5.90. The zero-order chi connectivity index (χ0) is 16.8. The summed E-state index contributed by atoms with van der Waals surface area (Å²) in [6.45, 7) is 3.58. The first-order valence-electron chi connectivity index (χ1n) is 7.83. The molecule has 1 fully saturated rings. The lowest BCUT2D eigenvalue weighted by atomic mass is 10.0. The van der Waals surface area contributed by atoms with Gasteiger partial charge in [0.1, 0.15) is 5.82 Å². The molecule has 0 bridgehead atoms. The van der Waals surface area contributed by atoms with E-state index >= 15 is 0 Å². The van der Waals surface area contributed by atoms with Gasteiger partial charge in [0.15, 0.2) is 0 Å². The number of para-hydroxylation sites is 1. The summed E-state index contributed by atoms with van der Waals surface area (Å²) in [4.78, 5) is 13.9. The van der Waals surface area contributed by atoms with E-state index in [0.29, 0.717) is 18.8 Å². The first-order valence-corrected chi connectivity index (χ1v) is 9.45. The third-order valence-corrected chi connectivity index (χ3v) is 5.37.